The minimum atomic E-state index is -0.984. The van der Waals surface area contributed by atoms with Crippen LogP contribution in [-0.4, -0.2) is 17.2 Å². The first-order valence-corrected chi connectivity index (χ1v) is 4.01. The average Bonchev–Trinajstić information content (AvgIpc) is 1.85. The lowest BCUT2D eigenvalue weighted by Gasteiger charge is -2.03. The van der Waals surface area contributed by atoms with Crippen LogP contribution in [0.15, 0.2) is 0 Å². The Kier molecular flexibility index (Phi) is 5.84. The van der Waals surface area contributed by atoms with Gasteiger partial charge in [-0.15, -0.1) is 0 Å². The number of hydrogen-bond acceptors (Lipinski definition) is 3. The van der Waals surface area contributed by atoms with E-state index in [4.69, 9.17) is 5.11 Å². The second kappa shape index (κ2) is 6.16. The first kappa shape index (κ1) is 10.4. The van der Waals surface area contributed by atoms with Crippen LogP contribution in [0.3, 0.4) is 0 Å². The van der Waals surface area contributed by atoms with Crippen LogP contribution < -0.4 is 5.11 Å². The standard InChI is InChI=1S/C8H16O3/c1-7(9)5-3-2-4-6-8(10)11/h7,9H,2-6H2,1H3,(H,10,11)/p-1. The minimum absolute atomic E-state index is 0.139. The average molecular weight is 159 g/mol. The summed E-state index contributed by atoms with van der Waals surface area (Å²) < 4.78 is 0. The molecule has 66 valence electrons. The first-order valence-electron chi connectivity index (χ1n) is 4.01. The van der Waals surface area contributed by atoms with Crippen LogP contribution in [0.25, 0.3) is 0 Å². The van der Waals surface area contributed by atoms with Crippen molar-refractivity contribution in [3.05, 3.63) is 0 Å². The highest BCUT2D eigenvalue weighted by atomic mass is 16.4. The lowest BCUT2D eigenvalue weighted by atomic mass is 10.1. The van der Waals surface area contributed by atoms with Crippen molar-refractivity contribution in [2.45, 2.75) is 45.1 Å². The molecule has 1 unspecified atom stereocenters. The van der Waals surface area contributed by atoms with E-state index in [9.17, 15) is 9.90 Å². The van der Waals surface area contributed by atoms with E-state index >= 15 is 0 Å². The van der Waals surface area contributed by atoms with E-state index in [2.05, 4.69) is 0 Å². The van der Waals surface area contributed by atoms with Crippen molar-refractivity contribution in [3.8, 4) is 0 Å². The Bertz CT molecular complexity index is 110. The van der Waals surface area contributed by atoms with Gasteiger partial charge in [0.25, 0.3) is 0 Å². The van der Waals surface area contributed by atoms with Gasteiger partial charge >= 0.3 is 0 Å². The highest BCUT2D eigenvalue weighted by Crippen LogP contribution is 2.04. The Balaban J connectivity index is 2.97. The fourth-order valence-corrected chi connectivity index (χ4v) is 0.886. The zero-order valence-corrected chi connectivity index (χ0v) is 6.88. The van der Waals surface area contributed by atoms with Crippen LogP contribution in [0.2, 0.25) is 0 Å². The van der Waals surface area contributed by atoms with Gasteiger partial charge in [-0.25, -0.2) is 0 Å². The number of carboxylic acids is 1. The number of carboxylic acid groups (broad SMARTS) is 1. The number of aliphatic hydroxyl groups is 1. The molecule has 0 aliphatic heterocycles. The fraction of sp³-hybridized carbons (Fsp3) is 0.875. The van der Waals surface area contributed by atoms with Crippen LogP contribution >= 0.6 is 0 Å². The molecular weight excluding hydrogens is 144 g/mol. The van der Waals surface area contributed by atoms with Crippen molar-refractivity contribution in [1.82, 2.24) is 0 Å². The molecule has 0 heterocycles. The number of hydrogen-bond donors (Lipinski definition) is 1. The van der Waals surface area contributed by atoms with Gasteiger partial charge < -0.3 is 15.0 Å². The van der Waals surface area contributed by atoms with E-state index in [0.717, 1.165) is 19.3 Å². The van der Waals surface area contributed by atoms with Gasteiger partial charge in [0, 0.05) is 5.97 Å². The molecule has 1 N–H and O–H groups in total. The summed E-state index contributed by atoms with van der Waals surface area (Å²) in [5, 5.41) is 18.8. The molecule has 0 radical (unpaired) electrons. The van der Waals surface area contributed by atoms with Gasteiger partial charge in [0.05, 0.1) is 6.10 Å². The third-order valence-electron chi connectivity index (χ3n) is 1.50. The summed E-state index contributed by atoms with van der Waals surface area (Å²) in [7, 11) is 0. The zero-order chi connectivity index (χ0) is 8.69. The number of carbonyl (C=O) groups excluding carboxylic acids is 1. The number of aliphatic hydroxyl groups excluding tert-OH is 1. The topological polar surface area (TPSA) is 60.4 Å². The third kappa shape index (κ3) is 9.43. The quantitative estimate of drug-likeness (QED) is 0.558. The van der Waals surface area contributed by atoms with Gasteiger partial charge in [-0.1, -0.05) is 12.8 Å². The maximum atomic E-state index is 9.94. The van der Waals surface area contributed by atoms with E-state index in [1.165, 1.54) is 0 Å². The third-order valence-corrected chi connectivity index (χ3v) is 1.50. The van der Waals surface area contributed by atoms with E-state index in [1.54, 1.807) is 6.92 Å². The summed E-state index contributed by atoms with van der Waals surface area (Å²) in [6.45, 7) is 1.73. The van der Waals surface area contributed by atoms with Gasteiger partial charge in [0.1, 0.15) is 0 Å². The molecule has 0 aromatic heterocycles. The lowest BCUT2D eigenvalue weighted by molar-refractivity contribution is -0.305. The normalized spacial score (nSPS) is 12.9. The minimum Gasteiger partial charge on any atom is -0.550 e. The monoisotopic (exact) mass is 159 g/mol. The molecule has 11 heavy (non-hydrogen) atoms. The summed E-state index contributed by atoms with van der Waals surface area (Å²) in [4.78, 5) is 9.94. The molecule has 0 aliphatic carbocycles. The van der Waals surface area contributed by atoms with Gasteiger partial charge in [-0.05, 0) is 26.2 Å². The van der Waals surface area contributed by atoms with Crippen molar-refractivity contribution in [1.29, 1.82) is 0 Å². The summed E-state index contributed by atoms with van der Waals surface area (Å²) >= 11 is 0. The molecule has 0 aromatic carbocycles. The maximum absolute atomic E-state index is 9.94. The van der Waals surface area contributed by atoms with Crippen LogP contribution in [-0.2, 0) is 4.79 Å². The Morgan fingerprint density at radius 2 is 2.09 bits per heavy atom. The molecule has 3 nitrogen and oxygen atoms in total. The second-order valence-electron chi connectivity index (χ2n) is 2.82. The second-order valence-corrected chi connectivity index (χ2v) is 2.82. The Labute approximate surface area is 67.0 Å². The molecule has 1 atom stereocenters. The molecule has 0 spiro atoms. The van der Waals surface area contributed by atoms with Crippen LogP contribution in [0.5, 0.6) is 0 Å². The Hall–Kier alpha value is -0.570. The van der Waals surface area contributed by atoms with Crippen LogP contribution in [0.4, 0.5) is 0 Å². The van der Waals surface area contributed by atoms with Crippen LogP contribution in [0.1, 0.15) is 39.0 Å². The van der Waals surface area contributed by atoms with E-state index in [1.807, 2.05) is 0 Å². The number of carbonyl (C=O) groups is 1. The van der Waals surface area contributed by atoms with Crippen molar-refractivity contribution in [3.63, 3.8) is 0 Å². The fourth-order valence-electron chi connectivity index (χ4n) is 0.886. The molecule has 0 rings (SSSR count). The van der Waals surface area contributed by atoms with Gasteiger partial charge in [0.15, 0.2) is 0 Å². The Morgan fingerprint density at radius 3 is 2.55 bits per heavy atom. The molecule has 0 saturated carbocycles. The smallest absolute Gasteiger partial charge is 0.0512 e. The van der Waals surface area contributed by atoms with E-state index in [0.29, 0.717) is 6.42 Å². The van der Waals surface area contributed by atoms with Crippen LogP contribution in [0, 0.1) is 0 Å². The SMILES string of the molecule is CC(O)CCCCCC(=O)[O-]. The van der Waals surface area contributed by atoms with Crippen molar-refractivity contribution < 1.29 is 15.0 Å². The molecule has 0 fully saturated rings. The lowest BCUT2D eigenvalue weighted by Crippen LogP contribution is -2.21. The van der Waals surface area contributed by atoms with Gasteiger partial charge in [0.2, 0.25) is 0 Å². The van der Waals surface area contributed by atoms with Gasteiger partial charge in [-0.3, -0.25) is 0 Å². The van der Waals surface area contributed by atoms with Gasteiger partial charge in [-0.2, -0.15) is 0 Å². The van der Waals surface area contributed by atoms with Crippen molar-refractivity contribution in [2.75, 3.05) is 0 Å². The molecule has 0 bridgehead atoms. The zero-order valence-electron chi connectivity index (χ0n) is 6.88. The highest BCUT2D eigenvalue weighted by Gasteiger charge is 1.94. The molecule has 3 heteroatoms. The number of rotatable bonds is 6. The van der Waals surface area contributed by atoms with E-state index < -0.39 is 5.97 Å². The molecule has 0 saturated heterocycles. The van der Waals surface area contributed by atoms with E-state index in [-0.39, 0.29) is 12.5 Å². The predicted molar refractivity (Wildman–Crippen MR) is 39.8 cm³/mol. The first-order chi connectivity index (χ1) is 5.13. The maximum Gasteiger partial charge on any atom is 0.0512 e. The predicted octanol–water partition coefficient (Wildman–Crippen LogP) is 0.0676. The summed E-state index contributed by atoms with van der Waals surface area (Å²) in [6.07, 6.45) is 3.05. The number of aliphatic carboxylic acids is 1. The Morgan fingerprint density at radius 1 is 1.45 bits per heavy atom. The van der Waals surface area contributed by atoms with Crippen molar-refractivity contribution in [2.24, 2.45) is 0 Å². The largest absolute Gasteiger partial charge is 0.550 e. The van der Waals surface area contributed by atoms with Crippen molar-refractivity contribution >= 4 is 5.97 Å². The molecule has 0 aromatic rings. The number of unbranched alkanes of at least 4 members (excludes halogenated alkanes) is 2. The molecule has 0 aliphatic rings. The highest BCUT2D eigenvalue weighted by molar-refractivity contribution is 5.63. The molecule has 0 amide bonds. The summed E-state index contributed by atoms with van der Waals surface area (Å²) in [5.41, 5.74) is 0. The summed E-state index contributed by atoms with van der Waals surface area (Å²) in [5.74, 6) is -0.984. The molecular formula is C8H15O3-. The summed E-state index contributed by atoms with van der Waals surface area (Å²) in [6, 6.07) is 0.